The molecule has 3 nitrogen and oxygen atoms in total. The predicted molar refractivity (Wildman–Crippen MR) is 64.5 cm³/mol. The third kappa shape index (κ3) is 3.68. The molecular formula is C12H15ClFNO2. The van der Waals surface area contributed by atoms with Crippen molar-refractivity contribution >= 4 is 17.6 Å². The number of carboxylic acid groups (broad SMARTS) is 1. The summed E-state index contributed by atoms with van der Waals surface area (Å²) in [4.78, 5) is 10.9. The van der Waals surface area contributed by atoms with Gasteiger partial charge in [-0.3, -0.25) is 10.1 Å². The van der Waals surface area contributed by atoms with E-state index in [9.17, 15) is 9.18 Å². The number of carboxylic acids is 1. The normalized spacial score (nSPS) is 12.8. The van der Waals surface area contributed by atoms with E-state index in [1.807, 2.05) is 0 Å². The molecule has 0 aliphatic rings. The Bertz CT molecular complexity index is 409. The summed E-state index contributed by atoms with van der Waals surface area (Å²) in [6.45, 7) is 3.72. The molecule has 94 valence electrons. The molecule has 0 unspecified atom stereocenters. The zero-order chi connectivity index (χ0) is 13.0. The Kier molecular flexibility index (Phi) is 4.90. The summed E-state index contributed by atoms with van der Waals surface area (Å²) in [5, 5.41) is 11.8. The van der Waals surface area contributed by atoms with Gasteiger partial charge in [-0.2, -0.15) is 0 Å². The average Bonchev–Trinajstić information content (AvgIpc) is 2.23. The van der Waals surface area contributed by atoms with Crippen molar-refractivity contribution in [1.29, 1.82) is 0 Å². The summed E-state index contributed by atoms with van der Waals surface area (Å²) in [6, 6.07) is 3.96. The van der Waals surface area contributed by atoms with Gasteiger partial charge in [0.2, 0.25) is 0 Å². The van der Waals surface area contributed by atoms with Crippen LogP contribution in [0.4, 0.5) is 4.39 Å². The molecule has 2 N–H and O–H groups in total. The fourth-order valence-electron chi connectivity index (χ4n) is 1.51. The van der Waals surface area contributed by atoms with Crippen LogP contribution in [-0.4, -0.2) is 17.1 Å². The number of carbonyl (C=O) groups is 1. The molecule has 0 radical (unpaired) electrons. The highest BCUT2D eigenvalue weighted by molar-refractivity contribution is 6.30. The van der Waals surface area contributed by atoms with E-state index in [-0.39, 0.29) is 17.5 Å². The van der Waals surface area contributed by atoms with Crippen LogP contribution in [0, 0.1) is 11.7 Å². The third-order valence-corrected chi connectivity index (χ3v) is 2.77. The fraction of sp³-hybridized carbons (Fsp3) is 0.417. The molecule has 17 heavy (non-hydrogen) atoms. The largest absolute Gasteiger partial charge is 0.480 e. The summed E-state index contributed by atoms with van der Waals surface area (Å²) in [5.41, 5.74) is 0.365. The van der Waals surface area contributed by atoms with Crippen molar-refractivity contribution < 1.29 is 14.3 Å². The Hall–Kier alpha value is -1.13. The minimum atomic E-state index is -0.942. The monoisotopic (exact) mass is 259 g/mol. The maximum atomic E-state index is 13.5. The lowest BCUT2D eigenvalue weighted by Gasteiger charge is -2.18. The van der Waals surface area contributed by atoms with Gasteiger partial charge in [-0.25, -0.2) is 4.39 Å². The van der Waals surface area contributed by atoms with Crippen molar-refractivity contribution in [3.8, 4) is 0 Å². The SMILES string of the molecule is CC(C)[C@H](NCc1cccc(Cl)c1F)C(=O)O. The zero-order valence-corrected chi connectivity index (χ0v) is 10.5. The summed E-state index contributed by atoms with van der Waals surface area (Å²) in [5.74, 6) is -1.52. The van der Waals surface area contributed by atoms with Crippen molar-refractivity contribution in [2.24, 2.45) is 5.92 Å². The summed E-state index contributed by atoms with van der Waals surface area (Å²) >= 11 is 5.64. The van der Waals surface area contributed by atoms with Gasteiger partial charge in [0, 0.05) is 12.1 Å². The van der Waals surface area contributed by atoms with Crippen LogP contribution < -0.4 is 5.32 Å². The van der Waals surface area contributed by atoms with Gasteiger partial charge >= 0.3 is 5.97 Å². The minimum Gasteiger partial charge on any atom is -0.480 e. The number of hydrogen-bond donors (Lipinski definition) is 2. The van der Waals surface area contributed by atoms with E-state index < -0.39 is 17.8 Å². The first-order chi connectivity index (χ1) is 7.93. The predicted octanol–water partition coefficient (Wildman–Crippen LogP) is 2.68. The van der Waals surface area contributed by atoms with Crippen molar-refractivity contribution in [3.05, 3.63) is 34.6 Å². The molecule has 1 aromatic carbocycles. The van der Waals surface area contributed by atoms with Crippen LogP contribution in [0.5, 0.6) is 0 Å². The number of hydrogen-bond acceptors (Lipinski definition) is 2. The van der Waals surface area contributed by atoms with Gasteiger partial charge in [0.05, 0.1) is 5.02 Å². The standard InChI is InChI=1S/C12H15ClFNO2/c1-7(2)11(12(16)17)15-6-8-4-3-5-9(13)10(8)14/h3-5,7,11,15H,6H2,1-2H3,(H,16,17)/t11-/m0/s1. The lowest BCUT2D eigenvalue weighted by atomic mass is 10.0. The Morgan fingerprint density at radius 3 is 2.71 bits per heavy atom. The molecule has 1 rings (SSSR count). The second-order valence-corrected chi connectivity index (χ2v) is 4.56. The van der Waals surface area contributed by atoms with Gasteiger partial charge in [0.25, 0.3) is 0 Å². The topological polar surface area (TPSA) is 49.3 Å². The number of rotatable bonds is 5. The van der Waals surface area contributed by atoms with Gasteiger partial charge in [0.1, 0.15) is 11.9 Å². The maximum absolute atomic E-state index is 13.5. The third-order valence-electron chi connectivity index (χ3n) is 2.48. The van der Waals surface area contributed by atoms with E-state index in [2.05, 4.69) is 5.32 Å². The molecule has 0 saturated heterocycles. The molecule has 1 aromatic rings. The van der Waals surface area contributed by atoms with Crippen LogP contribution in [0.15, 0.2) is 18.2 Å². The highest BCUT2D eigenvalue weighted by Gasteiger charge is 2.21. The lowest BCUT2D eigenvalue weighted by molar-refractivity contribution is -0.140. The van der Waals surface area contributed by atoms with Crippen molar-refractivity contribution in [1.82, 2.24) is 5.32 Å². The van der Waals surface area contributed by atoms with E-state index in [1.54, 1.807) is 26.0 Å². The number of aliphatic carboxylic acids is 1. The molecule has 5 heteroatoms. The molecule has 0 bridgehead atoms. The van der Waals surface area contributed by atoms with Crippen LogP contribution in [0.25, 0.3) is 0 Å². The Morgan fingerprint density at radius 2 is 2.18 bits per heavy atom. The van der Waals surface area contributed by atoms with Crippen molar-refractivity contribution in [3.63, 3.8) is 0 Å². The van der Waals surface area contributed by atoms with Gasteiger partial charge < -0.3 is 5.11 Å². The van der Waals surface area contributed by atoms with Crippen LogP contribution in [0.3, 0.4) is 0 Å². The van der Waals surface area contributed by atoms with Gasteiger partial charge in [-0.05, 0) is 12.0 Å². The van der Waals surface area contributed by atoms with E-state index >= 15 is 0 Å². The zero-order valence-electron chi connectivity index (χ0n) is 9.71. The second-order valence-electron chi connectivity index (χ2n) is 4.15. The van der Waals surface area contributed by atoms with Crippen molar-refractivity contribution in [2.75, 3.05) is 0 Å². The highest BCUT2D eigenvalue weighted by Crippen LogP contribution is 2.18. The first-order valence-corrected chi connectivity index (χ1v) is 5.70. The van der Waals surface area contributed by atoms with Crippen LogP contribution >= 0.6 is 11.6 Å². The minimum absolute atomic E-state index is 0.0423. The molecular weight excluding hydrogens is 245 g/mol. The van der Waals surface area contributed by atoms with E-state index in [0.29, 0.717) is 5.56 Å². The first kappa shape index (κ1) is 13.9. The number of benzene rings is 1. The number of nitrogens with one attached hydrogen (secondary N) is 1. The van der Waals surface area contributed by atoms with Crippen molar-refractivity contribution in [2.45, 2.75) is 26.4 Å². The smallest absolute Gasteiger partial charge is 0.320 e. The van der Waals surface area contributed by atoms with E-state index in [1.165, 1.54) is 6.07 Å². The van der Waals surface area contributed by atoms with Gasteiger partial charge in [-0.1, -0.05) is 37.6 Å². The fourth-order valence-corrected chi connectivity index (χ4v) is 1.71. The quantitative estimate of drug-likeness (QED) is 0.855. The highest BCUT2D eigenvalue weighted by atomic mass is 35.5. The Balaban J connectivity index is 2.72. The molecule has 0 aliphatic heterocycles. The van der Waals surface area contributed by atoms with Crippen LogP contribution in [-0.2, 0) is 11.3 Å². The average molecular weight is 260 g/mol. The summed E-state index contributed by atoms with van der Waals surface area (Å²) < 4.78 is 13.5. The molecule has 0 aliphatic carbocycles. The summed E-state index contributed by atoms with van der Waals surface area (Å²) in [7, 11) is 0. The van der Waals surface area contributed by atoms with E-state index in [0.717, 1.165) is 0 Å². The molecule has 1 atom stereocenters. The first-order valence-electron chi connectivity index (χ1n) is 5.32. The van der Waals surface area contributed by atoms with Gasteiger partial charge in [0.15, 0.2) is 0 Å². The van der Waals surface area contributed by atoms with Crippen LogP contribution in [0.2, 0.25) is 5.02 Å². The maximum Gasteiger partial charge on any atom is 0.320 e. The Morgan fingerprint density at radius 1 is 1.53 bits per heavy atom. The molecule has 0 amide bonds. The van der Waals surface area contributed by atoms with Gasteiger partial charge in [-0.15, -0.1) is 0 Å². The lowest BCUT2D eigenvalue weighted by Crippen LogP contribution is -2.40. The summed E-state index contributed by atoms with van der Waals surface area (Å²) in [6.07, 6.45) is 0. The molecule has 0 spiro atoms. The second kappa shape index (κ2) is 5.98. The molecule has 0 saturated carbocycles. The Labute approximate surface area is 105 Å². The van der Waals surface area contributed by atoms with E-state index in [4.69, 9.17) is 16.7 Å². The van der Waals surface area contributed by atoms with Crippen LogP contribution in [0.1, 0.15) is 19.4 Å². The molecule has 0 fully saturated rings. The molecule has 0 heterocycles. The molecule has 0 aromatic heterocycles. The number of halogens is 2.